The highest BCUT2D eigenvalue weighted by atomic mass is 16.3. The number of benzene rings is 1. The highest BCUT2D eigenvalue weighted by Gasteiger charge is 2.07. The zero-order valence-corrected chi connectivity index (χ0v) is 7.79. The predicted molar refractivity (Wildman–Crippen MR) is 55.0 cm³/mol. The summed E-state index contributed by atoms with van der Waals surface area (Å²) < 4.78 is 5.22. The minimum absolute atomic E-state index is 0.762. The van der Waals surface area contributed by atoms with Crippen molar-refractivity contribution in [2.24, 2.45) is 0 Å². The molecule has 4 heteroatoms. The minimum Gasteiger partial charge on any atom is -0.443 e. The largest absolute Gasteiger partial charge is 0.443 e. The lowest BCUT2D eigenvalue weighted by atomic mass is 10.1. The molecule has 0 unspecified atom stereocenters. The van der Waals surface area contributed by atoms with Gasteiger partial charge in [-0.1, -0.05) is 12.1 Å². The van der Waals surface area contributed by atoms with Crippen molar-refractivity contribution in [3.8, 4) is 11.3 Å². The number of hydrogen-bond acceptors (Lipinski definition) is 4. The molecule has 3 rings (SSSR count). The van der Waals surface area contributed by atoms with Gasteiger partial charge in [-0.3, -0.25) is 9.97 Å². The summed E-state index contributed by atoms with van der Waals surface area (Å²) in [6, 6.07) is 5.74. The second-order valence-electron chi connectivity index (χ2n) is 3.10. The van der Waals surface area contributed by atoms with E-state index in [2.05, 4.69) is 15.0 Å². The third-order valence-corrected chi connectivity index (χ3v) is 2.20. The quantitative estimate of drug-likeness (QED) is 0.600. The third-order valence-electron chi connectivity index (χ3n) is 2.20. The Hall–Kier alpha value is -2.23. The molecule has 0 atom stereocenters. The van der Waals surface area contributed by atoms with Crippen LogP contribution in [0.2, 0.25) is 0 Å². The van der Waals surface area contributed by atoms with Crippen LogP contribution in [0.15, 0.2) is 47.6 Å². The predicted octanol–water partition coefficient (Wildman–Crippen LogP) is 2.28. The van der Waals surface area contributed by atoms with Crippen molar-refractivity contribution in [2.75, 3.05) is 0 Å². The van der Waals surface area contributed by atoms with Gasteiger partial charge in [-0.2, -0.15) is 0 Å². The van der Waals surface area contributed by atoms with E-state index in [0.717, 1.165) is 22.4 Å². The van der Waals surface area contributed by atoms with Gasteiger partial charge in [0.2, 0.25) is 0 Å². The van der Waals surface area contributed by atoms with Crippen LogP contribution in [0.5, 0.6) is 0 Å². The summed E-state index contributed by atoms with van der Waals surface area (Å²) in [5.74, 6) is 0. The van der Waals surface area contributed by atoms with Crippen molar-refractivity contribution in [1.29, 1.82) is 0 Å². The number of fused-ring (bicyclic) bond motifs is 1. The molecule has 0 aliphatic rings. The molecule has 0 amide bonds. The SMILES string of the molecule is c1cc(-c2cnccn2)c2ncoc2c1. The highest BCUT2D eigenvalue weighted by molar-refractivity contribution is 5.88. The summed E-state index contributed by atoms with van der Waals surface area (Å²) in [6.45, 7) is 0. The van der Waals surface area contributed by atoms with Crippen molar-refractivity contribution < 1.29 is 4.42 Å². The lowest BCUT2D eigenvalue weighted by Gasteiger charge is -1.98. The van der Waals surface area contributed by atoms with E-state index in [4.69, 9.17) is 4.42 Å². The summed E-state index contributed by atoms with van der Waals surface area (Å²) >= 11 is 0. The fraction of sp³-hybridized carbons (Fsp3) is 0. The first-order valence-corrected chi connectivity index (χ1v) is 4.54. The van der Waals surface area contributed by atoms with E-state index in [9.17, 15) is 0 Å². The molecule has 0 saturated heterocycles. The van der Waals surface area contributed by atoms with Crippen LogP contribution in [0.4, 0.5) is 0 Å². The summed E-state index contributed by atoms with van der Waals surface area (Å²) in [6.07, 6.45) is 6.45. The molecule has 0 spiro atoms. The zero-order chi connectivity index (χ0) is 10.1. The Morgan fingerprint density at radius 3 is 2.93 bits per heavy atom. The van der Waals surface area contributed by atoms with E-state index in [1.54, 1.807) is 18.6 Å². The van der Waals surface area contributed by atoms with Crippen LogP contribution >= 0.6 is 0 Å². The second kappa shape index (κ2) is 3.16. The molecule has 0 N–H and O–H groups in total. The Morgan fingerprint density at radius 1 is 1.07 bits per heavy atom. The Kier molecular flexibility index (Phi) is 1.71. The summed E-state index contributed by atoms with van der Waals surface area (Å²) in [5.41, 5.74) is 3.32. The molecule has 0 aliphatic heterocycles. The van der Waals surface area contributed by atoms with Gasteiger partial charge in [-0.05, 0) is 6.07 Å². The molecular weight excluding hydrogens is 190 g/mol. The summed E-state index contributed by atoms with van der Waals surface area (Å²) in [7, 11) is 0. The first-order chi connectivity index (χ1) is 7.45. The first kappa shape index (κ1) is 8.11. The fourth-order valence-electron chi connectivity index (χ4n) is 1.53. The van der Waals surface area contributed by atoms with Crippen LogP contribution in [-0.2, 0) is 0 Å². The number of oxazole rings is 1. The molecule has 2 aromatic heterocycles. The number of hydrogen-bond donors (Lipinski definition) is 0. The standard InChI is InChI=1S/C11H7N3O/c1-2-8(9-6-12-4-5-13-9)11-10(3-1)15-7-14-11/h1-7H. The van der Waals surface area contributed by atoms with Crippen molar-refractivity contribution in [3.63, 3.8) is 0 Å². The number of aromatic nitrogens is 3. The molecule has 0 aliphatic carbocycles. The van der Waals surface area contributed by atoms with Gasteiger partial charge in [-0.15, -0.1) is 0 Å². The molecule has 2 heterocycles. The molecule has 4 nitrogen and oxygen atoms in total. The smallest absolute Gasteiger partial charge is 0.182 e. The maximum atomic E-state index is 5.22. The Morgan fingerprint density at radius 2 is 2.07 bits per heavy atom. The van der Waals surface area contributed by atoms with E-state index >= 15 is 0 Å². The van der Waals surface area contributed by atoms with Crippen molar-refractivity contribution in [1.82, 2.24) is 15.0 Å². The van der Waals surface area contributed by atoms with Gasteiger partial charge in [0.1, 0.15) is 5.52 Å². The zero-order valence-electron chi connectivity index (χ0n) is 7.79. The molecule has 0 fully saturated rings. The maximum Gasteiger partial charge on any atom is 0.182 e. The molecule has 15 heavy (non-hydrogen) atoms. The van der Waals surface area contributed by atoms with E-state index in [1.165, 1.54) is 6.39 Å². The number of para-hydroxylation sites is 1. The van der Waals surface area contributed by atoms with Gasteiger partial charge in [0.25, 0.3) is 0 Å². The van der Waals surface area contributed by atoms with E-state index in [0.29, 0.717) is 0 Å². The topological polar surface area (TPSA) is 51.8 Å². The molecule has 3 aromatic rings. The lowest BCUT2D eigenvalue weighted by molar-refractivity contribution is 0.602. The monoisotopic (exact) mass is 197 g/mol. The normalized spacial score (nSPS) is 10.7. The molecule has 0 radical (unpaired) electrons. The van der Waals surface area contributed by atoms with Crippen LogP contribution in [0.1, 0.15) is 0 Å². The first-order valence-electron chi connectivity index (χ1n) is 4.54. The number of nitrogens with zero attached hydrogens (tertiary/aromatic N) is 3. The van der Waals surface area contributed by atoms with Crippen molar-refractivity contribution >= 4 is 11.1 Å². The van der Waals surface area contributed by atoms with Gasteiger partial charge < -0.3 is 4.42 Å². The van der Waals surface area contributed by atoms with Crippen LogP contribution < -0.4 is 0 Å². The molecular formula is C11H7N3O. The maximum absolute atomic E-state index is 5.22. The summed E-state index contributed by atoms with van der Waals surface area (Å²) in [4.78, 5) is 12.4. The molecule has 72 valence electrons. The van der Waals surface area contributed by atoms with Crippen LogP contribution in [0.3, 0.4) is 0 Å². The Balaban J connectivity index is 2.31. The van der Waals surface area contributed by atoms with Crippen molar-refractivity contribution in [2.45, 2.75) is 0 Å². The number of rotatable bonds is 1. The molecule has 0 bridgehead atoms. The molecule has 1 aromatic carbocycles. The third kappa shape index (κ3) is 1.27. The fourth-order valence-corrected chi connectivity index (χ4v) is 1.53. The Labute approximate surface area is 85.6 Å². The van der Waals surface area contributed by atoms with E-state index in [-0.39, 0.29) is 0 Å². The second-order valence-corrected chi connectivity index (χ2v) is 3.10. The minimum atomic E-state index is 0.762. The van der Waals surface area contributed by atoms with Gasteiger partial charge in [-0.25, -0.2) is 4.98 Å². The highest BCUT2D eigenvalue weighted by Crippen LogP contribution is 2.24. The summed E-state index contributed by atoms with van der Waals surface area (Å²) in [5, 5.41) is 0. The Bertz CT molecular complexity index is 589. The van der Waals surface area contributed by atoms with Gasteiger partial charge >= 0.3 is 0 Å². The van der Waals surface area contributed by atoms with Crippen LogP contribution in [-0.4, -0.2) is 15.0 Å². The average Bonchev–Trinajstić information content (AvgIpc) is 2.78. The van der Waals surface area contributed by atoms with Crippen LogP contribution in [0.25, 0.3) is 22.4 Å². The van der Waals surface area contributed by atoms with E-state index in [1.807, 2.05) is 18.2 Å². The van der Waals surface area contributed by atoms with Crippen molar-refractivity contribution in [3.05, 3.63) is 43.2 Å². The van der Waals surface area contributed by atoms with Gasteiger partial charge in [0.15, 0.2) is 12.0 Å². The van der Waals surface area contributed by atoms with Gasteiger partial charge in [0.05, 0.1) is 11.9 Å². The average molecular weight is 197 g/mol. The molecule has 0 saturated carbocycles. The van der Waals surface area contributed by atoms with Gasteiger partial charge in [0, 0.05) is 18.0 Å². The lowest BCUT2D eigenvalue weighted by Crippen LogP contribution is -1.85. The van der Waals surface area contributed by atoms with E-state index < -0.39 is 0 Å². The van der Waals surface area contributed by atoms with Crippen LogP contribution in [0, 0.1) is 0 Å².